The topological polar surface area (TPSA) is 47.4 Å². The number of aromatic nitrogens is 2. The first-order valence-corrected chi connectivity index (χ1v) is 8.83. The largest absolute Gasteiger partial charge is 0.381 e. The fourth-order valence-corrected chi connectivity index (χ4v) is 3.38. The molecule has 6 heteroatoms. The number of hydrogen-bond acceptors (Lipinski definition) is 3. The summed E-state index contributed by atoms with van der Waals surface area (Å²) in [5, 5.41) is 4.45. The Morgan fingerprint density at radius 3 is 2.88 bits per heavy atom. The lowest BCUT2D eigenvalue weighted by molar-refractivity contribution is 0.0700. The first-order chi connectivity index (χ1) is 12.1. The normalized spacial score (nSPS) is 20.0. The summed E-state index contributed by atoms with van der Waals surface area (Å²) in [5.41, 5.74) is 2.00. The van der Waals surface area contributed by atoms with Crippen molar-refractivity contribution in [2.75, 3.05) is 19.8 Å². The van der Waals surface area contributed by atoms with Gasteiger partial charge in [0.2, 0.25) is 0 Å². The van der Waals surface area contributed by atoms with Crippen molar-refractivity contribution in [3.63, 3.8) is 0 Å². The van der Waals surface area contributed by atoms with E-state index in [2.05, 4.69) is 5.10 Å². The molecule has 1 aromatic heterocycles. The minimum Gasteiger partial charge on any atom is -0.381 e. The van der Waals surface area contributed by atoms with Crippen LogP contribution in [0.2, 0.25) is 0 Å². The Morgan fingerprint density at radius 2 is 2.20 bits per heavy atom. The van der Waals surface area contributed by atoms with Crippen LogP contribution >= 0.6 is 0 Å². The van der Waals surface area contributed by atoms with Crippen molar-refractivity contribution in [2.24, 2.45) is 5.92 Å². The molecule has 132 valence electrons. The van der Waals surface area contributed by atoms with E-state index in [1.807, 2.05) is 11.8 Å². The maximum atomic E-state index is 13.3. The molecule has 2 aliphatic rings. The fraction of sp³-hybridized carbons (Fsp3) is 0.474. The molecular formula is C19H22FN3O2. The van der Waals surface area contributed by atoms with Crippen molar-refractivity contribution in [1.82, 2.24) is 14.7 Å². The molecule has 2 fully saturated rings. The second-order valence-corrected chi connectivity index (χ2v) is 6.99. The third-order valence-corrected chi connectivity index (χ3v) is 4.94. The smallest absolute Gasteiger partial charge is 0.274 e. The van der Waals surface area contributed by atoms with Crippen LogP contribution in [0.5, 0.6) is 0 Å². The van der Waals surface area contributed by atoms with E-state index < -0.39 is 0 Å². The Bertz CT molecular complexity index is 779. The summed E-state index contributed by atoms with van der Waals surface area (Å²) in [5.74, 6) is 0.127. The van der Waals surface area contributed by atoms with E-state index in [0.717, 1.165) is 50.3 Å². The van der Waals surface area contributed by atoms with E-state index in [1.54, 1.807) is 23.0 Å². The van der Waals surface area contributed by atoms with E-state index in [0.29, 0.717) is 17.7 Å². The highest BCUT2D eigenvalue weighted by molar-refractivity contribution is 5.92. The predicted octanol–water partition coefficient (Wildman–Crippen LogP) is 2.96. The van der Waals surface area contributed by atoms with Gasteiger partial charge in [0.15, 0.2) is 5.69 Å². The summed E-state index contributed by atoms with van der Waals surface area (Å²) in [7, 11) is 0. The number of carbonyl (C=O) groups excluding carboxylic acids is 1. The van der Waals surface area contributed by atoms with Gasteiger partial charge in [-0.3, -0.25) is 4.79 Å². The van der Waals surface area contributed by atoms with Gasteiger partial charge in [0.05, 0.1) is 12.3 Å². The fourth-order valence-electron chi connectivity index (χ4n) is 3.38. The summed E-state index contributed by atoms with van der Waals surface area (Å²) in [4.78, 5) is 14.9. The molecule has 0 N–H and O–H groups in total. The summed E-state index contributed by atoms with van der Waals surface area (Å²) >= 11 is 0. The van der Waals surface area contributed by atoms with Gasteiger partial charge in [-0.2, -0.15) is 5.10 Å². The van der Waals surface area contributed by atoms with Gasteiger partial charge < -0.3 is 9.64 Å². The number of benzene rings is 1. The van der Waals surface area contributed by atoms with Crippen LogP contribution in [0, 0.1) is 18.7 Å². The molecule has 2 aromatic rings. The van der Waals surface area contributed by atoms with Crippen molar-refractivity contribution >= 4 is 5.91 Å². The Kier molecular flexibility index (Phi) is 4.29. The van der Waals surface area contributed by atoms with Crippen molar-refractivity contribution in [2.45, 2.75) is 32.2 Å². The summed E-state index contributed by atoms with van der Waals surface area (Å²) < 4.78 is 20.4. The lowest BCUT2D eigenvalue weighted by Gasteiger charge is -2.24. The average molecular weight is 343 g/mol. The van der Waals surface area contributed by atoms with Crippen LogP contribution in [0.1, 0.15) is 35.3 Å². The molecule has 1 amide bonds. The van der Waals surface area contributed by atoms with Crippen LogP contribution < -0.4 is 0 Å². The number of rotatable bonds is 5. The van der Waals surface area contributed by atoms with Crippen LogP contribution in [0.25, 0.3) is 5.69 Å². The summed E-state index contributed by atoms with van der Waals surface area (Å²) in [6.07, 6.45) is 4.91. The van der Waals surface area contributed by atoms with Crippen molar-refractivity contribution in [3.05, 3.63) is 47.5 Å². The SMILES string of the molecule is Cc1cc(F)ccc1-n1ccc(C(=O)N(CC2CCOC2)C2CC2)n1. The zero-order valence-corrected chi connectivity index (χ0v) is 14.3. The number of amides is 1. The standard InChI is InChI=1S/C19H22FN3O2/c1-13-10-15(20)2-5-18(13)23-8-6-17(21-23)19(24)22(16-3-4-16)11-14-7-9-25-12-14/h2,5-6,8,10,14,16H,3-4,7,9,11-12H2,1H3. The van der Waals surface area contributed by atoms with Gasteiger partial charge in [-0.05, 0) is 56.0 Å². The van der Waals surface area contributed by atoms with Gasteiger partial charge in [0.25, 0.3) is 5.91 Å². The number of aryl methyl sites for hydroxylation is 1. The van der Waals surface area contributed by atoms with Crippen LogP contribution in [0.4, 0.5) is 4.39 Å². The average Bonchev–Trinajstić information content (AvgIpc) is 3.09. The monoisotopic (exact) mass is 343 g/mol. The highest BCUT2D eigenvalue weighted by Gasteiger charge is 2.36. The number of ether oxygens (including phenoxy) is 1. The second kappa shape index (κ2) is 6.59. The first-order valence-electron chi connectivity index (χ1n) is 8.83. The minimum absolute atomic E-state index is 0.0204. The molecule has 0 spiro atoms. The quantitative estimate of drug-likeness (QED) is 0.839. The van der Waals surface area contributed by atoms with Gasteiger partial charge >= 0.3 is 0 Å². The highest BCUT2D eigenvalue weighted by atomic mass is 19.1. The predicted molar refractivity (Wildman–Crippen MR) is 91.2 cm³/mol. The van der Waals surface area contributed by atoms with Gasteiger partial charge in [0, 0.05) is 31.3 Å². The van der Waals surface area contributed by atoms with E-state index in [-0.39, 0.29) is 11.7 Å². The molecule has 0 radical (unpaired) electrons. The third kappa shape index (κ3) is 3.44. The lowest BCUT2D eigenvalue weighted by Crippen LogP contribution is -2.37. The van der Waals surface area contributed by atoms with Gasteiger partial charge in [0.1, 0.15) is 5.82 Å². The number of hydrogen-bond donors (Lipinski definition) is 0. The van der Waals surface area contributed by atoms with Gasteiger partial charge in [-0.25, -0.2) is 9.07 Å². The Balaban J connectivity index is 1.54. The number of halogens is 1. The zero-order valence-electron chi connectivity index (χ0n) is 14.3. The molecule has 1 aromatic carbocycles. The third-order valence-electron chi connectivity index (χ3n) is 4.94. The van der Waals surface area contributed by atoms with E-state index in [9.17, 15) is 9.18 Å². The zero-order chi connectivity index (χ0) is 17.4. The summed E-state index contributed by atoms with van der Waals surface area (Å²) in [6.45, 7) is 4.10. The van der Waals surface area contributed by atoms with Crippen LogP contribution in [-0.4, -0.2) is 46.4 Å². The summed E-state index contributed by atoms with van der Waals surface area (Å²) in [6, 6.07) is 6.63. The van der Waals surface area contributed by atoms with E-state index in [1.165, 1.54) is 12.1 Å². The second-order valence-electron chi connectivity index (χ2n) is 6.99. The Labute approximate surface area is 146 Å². The van der Waals surface area contributed by atoms with E-state index in [4.69, 9.17) is 4.74 Å². The molecule has 1 unspecified atom stereocenters. The van der Waals surface area contributed by atoms with Crippen molar-refractivity contribution in [1.29, 1.82) is 0 Å². The molecule has 1 saturated heterocycles. The Hall–Kier alpha value is -2.21. The molecule has 2 heterocycles. The first kappa shape index (κ1) is 16.3. The van der Waals surface area contributed by atoms with Crippen LogP contribution in [-0.2, 0) is 4.74 Å². The molecule has 1 aliphatic heterocycles. The number of nitrogens with zero attached hydrogens (tertiary/aromatic N) is 3. The molecule has 25 heavy (non-hydrogen) atoms. The Morgan fingerprint density at radius 1 is 1.36 bits per heavy atom. The maximum Gasteiger partial charge on any atom is 0.274 e. The highest BCUT2D eigenvalue weighted by Crippen LogP contribution is 2.30. The minimum atomic E-state index is -0.275. The van der Waals surface area contributed by atoms with Crippen molar-refractivity contribution < 1.29 is 13.9 Å². The van der Waals surface area contributed by atoms with Gasteiger partial charge in [-0.15, -0.1) is 0 Å². The lowest BCUT2D eigenvalue weighted by atomic mass is 10.1. The number of carbonyl (C=O) groups is 1. The molecule has 5 nitrogen and oxygen atoms in total. The molecule has 1 atom stereocenters. The molecule has 1 aliphatic carbocycles. The molecule has 1 saturated carbocycles. The maximum absolute atomic E-state index is 13.3. The van der Waals surface area contributed by atoms with Crippen molar-refractivity contribution in [3.8, 4) is 5.69 Å². The van der Waals surface area contributed by atoms with Gasteiger partial charge in [-0.1, -0.05) is 0 Å². The van der Waals surface area contributed by atoms with Crippen LogP contribution in [0.3, 0.4) is 0 Å². The molecule has 4 rings (SSSR count). The molecule has 0 bridgehead atoms. The molecular weight excluding hydrogens is 321 g/mol. The van der Waals surface area contributed by atoms with Crippen LogP contribution in [0.15, 0.2) is 30.5 Å². The van der Waals surface area contributed by atoms with E-state index >= 15 is 0 Å².